The van der Waals surface area contributed by atoms with Crippen LogP contribution in [0.4, 0.5) is 5.69 Å². The van der Waals surface area contributed by atoms with Gasteiger partial charge in [-0.25, -0.2) is 0 Å². The van der Waals surface area contributed by atoms with Gasteiger partial charge in [0.2, 0.25) is 0 Å². The molecular formula is C14H21ClN2S. The highest BCUT2D eigenvalue weighted by molar-refractivity contribution is 7.99. The number of nitrogens with two attached hydrogens (primary N) is 1. The lowest BCUT2D eigenvalue weighted by atomic mass is 10.1. The first-order valence-corrected chi connectivity index (χ1v) is 8.07. The number of thioether (sulfide) groups is 1. The SMILES string of the molecule is CC(N)Cc1ccc(N2CCCSCC2)c(Cl)c1. The van der Waals surface area contributed by atoms with Crippen LogP contribution in [0.5, 0.6) is 0 Å². The molecule has 0 bridgehead atoms. The van der Waals surface area contributed by atoms with Gasteiger partial charge in [0, 0.05) is 24.9 Å². The van der Waals surface area contributed by atoms with E-state index in [9.17, 15) is 0 Å². The molecule has 2 nitrogen and oxygen atoms in total. The predicted molar refractivity (Wildman–Crippen MR) is 83.0 cm³/mol. The smallest absolute Gasteiger partial charge is 0.0642 e. The Labute approximate surface area is 119 Å². The maximum absolute atomic E-state index is 6.41. The van der Waals surface area contributed by atoms with Crippen molar-refractivity contribution in [3.8, 4) is 0 Å². The molecule has 2 rings (SSSR count). The van der Waals surface area contributed by atoms with Gasteiger partial charge in [-0.3, -0.25) is 0 Å². The lowest BCUT2D eigenvalue weighted by Gasteiger charge is -2.24. The Morgan fingerprint density at radius 1 is 1.39 bits per heavy atom. The predicted octanol–water partition coefficient (Wildman–Crippen LogP) is 3.17. The standard InChI is InChI=1S/C14H21ClN2S/c1-11(16)9-12-3-4-14(13(15)10-12)17-5-2-7-18-8-6-17/h3-4,10-11H,2,5-9,16H2,1H3. The monoisotopic (exact) mass is 284 g/mol. The molecular weight excluding hydrogens is 264 g/mol. The minimum absolute atomic E-state index is 0.182. The third kappa shape index (κ3) is 3.81. The molecule has 1 aliphatic heterocycles. The number of hydrogen-bond acceptors (Lipinski definition) is 3. The zero-order valence-corrected chi connectivity index (χ0v) is 12.4. The van der Waals surface area contributed by atoms with E-state index in [4.69, 9.17) is 17.3 Å². The van der Waals surface area contributed by atoms with Crippen LogP contribution in [0.1, 0.15) is 18.9 Å². The van der Waals surface area contributed by atoms with E-state index >= 15 is 0 Å². The molecule has 0 amide bonds. The van der Waals surface area contributed by atoms with E-state index in [1.807, 2.05) is 18.7 Å². The summed E-state index contributed by atoms with van der Waals surface area (Å²) in [5.74, 6) is 2.45. The van der Waals surface area contributed by atoms with Crippen molar-refractivity contribution in [2.75, 3.05) is 29.5 Å². The van der Waals surface area contributed by atoms with E-state index < -0.39 is 0 Å². The molecule has 1 heterocycles. The normalized spacial score (nSPS) is 18.5. The average molecular weight is 285 g/mol. The Bertz CT molecular complexity index is 387. The van der Waals surface area contributed by atoms with Crippen LogP contribution in [-0.4, -0.2) is 30.6 Å². The molecule has 1 aromatic carbocycles. The van der Waals surface area contributed by atoms with Crippen molar-refractivity contribution in [1.82, 2.24) is 0 Å². The molecule has 0 spiro atoms. The third-order valence-corrected chi connectivity index (χ3v) is 4.48. The van der Waals surface area contributed by atoms with Gasteiger partial charge in [0.25, 0.3) is 0 Å². The highest BCUT2D eigenvalue weighted by Gasteiger charge is 2.13. The zero-order valence-electron chi connectivity index (χ0n) is 10.9. The number of anilines is 1. The fourth-order valence-corrected chi connectivity index (χ4v) is 3.50. The van der Waals surface area contributed by atoms with E-state index in [-0.39, 0.29) is 6.04 Å². The average Bonchev–Trinajstić information content (AvgIpc) is 2.57. The first kappa shape index (κ1) is 14.0. The van der Waals surface area contributed by atoms with Crippen molar-refractivity contribution in [3.05, 3.63) is 28.8 Å². The van der Waals surface area contributed by atoms with E-state index in [1.54, 1.807) is 0 Å². The first-order chi connectivity index (χ1) is 8.66. The highest BCUT2D eigenvalue weighted by Crippen LogP contribution is 2.29. The van der Waals surface area contributed by atoms with E-state index in [0.717, 1.165) is 24.5 Å². The minimum atomic E-state index is 0.182. The van der Waals surface area contributed by atoms with Gasteiger partial charge in [0.05, 0.1) is 10.7 Å². The Hall–Kier alpha value is -0.380. The molecule has 0 radical (unpaired) electrons. The summed E-state index contributed by atoms with van der Waals surface area (Å²) in [5.41, 5.74) is 8.22. The molecule has 2 N–H and O–H groups in total. The summed E-state index contributed by atoms with van der Waals surface area (Å²) in [6.45, 7) is 4.23. The number of nitrogens with zero attached hydrogens (tertiary/aromatic N) is 1. The maximum Gasteiger partial charge on any atom is 0.0642 e. The zero-order chi connectivity index (χ0) is 13.0. The Balaban J connectivity index is 2.12. The Morgan fingerprint density at radius 2 is 2.22 bits per heavy atom. The quantitative estimate of drug-likeness (QED) is 0.924. The van der Waals surface area contributed by atoms with Crippen LogP contribution in [0.15, 0.2) is 18.2 Å². The summed E-state index contributed by atoms with van der Waals surface area (Å²) in [7, 11) is 0. The molecule has 0 saturated carbocycles. The lowest BCUT2D eigenvalue weighted by molar-refractivity contribution is 0.737. The lowest BCUT2D eigenvalue weighted by Crippen LogP contribution is -2.25. The number of benzene rings is 1. The topological polar surface area (TPSA) is 29.3 Å². The van der Waals surface area contributed by atoms with Gasteiger partial charge in [-0.15, -0.1) is 0 Å². The summed E-state index contributed by atoms with van der Waals surface area (Å²) in [6.07, 6.45) is 2.12. The summed E-state index contributed by atoms with van der Waals surface area (Å²) < 4.78 is 0. The fourth-order valence-electron chi connectivity index (χ4n) is 2.29. The molecule has 1 atom stereocenters. The first-order valence-electron chi connectivity index (χ1n) is 6.53. The maximum atomic E-state index is 6.41. The van der Waals surface area contributed by atoms with Gasteiger partial charge in [-0.05, 0) is 43.2 Å². The van der Waals surface area contributed by atoms with E-state index in [0.29, 0.717) is 0 Å². The molecule has 0 aliphatic carbocycles. The highest BCUT2D eigenvalue weighted by atomic mass is 35.5. The molecule has 1 fully saturated rings. The number of halogens is 1. The van der Waals surface area contributed by atoms with Gasteiger partial charge in [-0.2, -0.15) is 11.8 Å². The van der Waals surface area contributed by atoms with Crippen LogP contribution in [-0.2, 0) is 6.42 Å². The molecule has 1 aromatic rings. The second-order valence-electron chi connectivity index (χ2n) is 4.92. The molecule has 18 heavy (non-hydrogen) atoms. The molecule has 0 aromatic heterocycles. The van der Waals surface area contributed by atoms with Gasteiger partial charge in [0.1, 0.15) is 0 Å². The van der Waals surface area contributed by atoms with Gasteiger partial charge >= 0.3 is 0 Å². The van der Waals surface area contributed by atoms with E-state index in [2.05, 4.69) is 23.1 Å². The second kappa shape index (κ2) is 6.69. The van der Waals surface area contributed by atoms with Crippen molar-refractivity contribution < 1.29 is 0 Å². The third-order valence-electron chi connectivity index (χ3n) is 3.13. The number of hydrogen-bond donors (Lipinski definition) is 1. The van der Waals surface area contributed by atoms with Crippen LogP contribution >= 0.6 is 23.4 Å². The van der Waals surface area contributed by atoms with E-state index in [1.165, 1.54) is 29.2 Å². The van der Waals surface area contributed by atoms with Crippen molar-refractivity contribution >= 4 is 29.1 Å². The molecule has 1 saturated heterocycles. The van der Waals surface area contributed by atoms with Crippen molar-refractivity contribution in [2.24, 2.45) is 5.73 Å². The van der Waals surface area contributed by atoms with Gasteiger partial charge in [0.15, 0.2) is 0 Å². The fraction of sp³-hybridized carbons (Fsp3) is 0.571. The summed E-state index contributed by atoms with van der Waals surface area (Å²) in [6, 6.07) is 6.55. The molecule has 4 heteroatoms. The second-order valence-corrected chi connectivity index (χ2v) is 6.55. The van der Waals surface area contributed by atoms with Gasteiger partial charge in [-0.1, -0.05) is 17.7 Å². The Kier molecular flexibility index (Phi) is 5.22. The van der Waals surface area contributed by atoms with Crippen molar-refractivity contribution in [3.63, 3.8) is 0 Å². The van der Waals surface area contributed by atoms with Crippen LogP contribution in [0, 0.1) is 0 Å². The summed E-state index contributed by atoms with van der Waals surface area (Å²) in [5, 5.41) is 0.861. The van der Waals surface area contributed by atoms with Crippen molar-refractivity contribution in [1.29, 1.82) is 0 Å². The van der Waals surface area contributed by atoms with Crippen LogP contribution in [0.25, 0.3) is 0 Å². The molecule has 1 unspecified atom stereocenters. The van der Waals surface area contributed by atoms with Crippen LogP contribution in [0.2, 0.25) is 5.02 Å². The van der Waals surface area contributed by atoms with Crippen LogP contribution in [0.3, 0.4) is 0 Å². The molecule has 100 valence electrons. The van der Waals surface area contributed by atoms with Crippen molar-refractivity contribution in [2.45, 2.75) is 25.8 Å². The summed E-state index contributed by atoms with van der Waals surface area (Å²) >= 11 is 8.44. The molecule has 1 aliphatic rings. The Morgan fingerprint density at radius 3 is 2.94 bits per heavy atom. The van der Waals surface area contributed by atoms with Crippen LogP contribution < -0.4 is 10.6 Å². The summed E-state index contributed by atoms with van der Waals surface area (Å²) in [4.78, 5) is 2.40. The van der Waals surface area contributed by atoms with Gasteiger partial charge < -0.3 is 10.6 Å². The largest absolute Gasteiger partial charge is 0.369 e. The minimum Gasteiger partial charge on any atom is -0.369 e. The number of rotatable bonds is 3.